The van der Waals surface area contributed by atoms with Gasteiger partial charge in [0.15, 0.2) is 0 Å². The van der Waals surface area contributed by atoms with E-state index in [1.54, 1.807) is 17.1 Å². The monoisotopic (exact) mass is 1090 g/mol. The second-order valence-electron chi connectivity index (χ2n) is 23.1. The highest BCUT2D eigenvalue weighted by Crippen LogP contribution is 2.29. The van der Waals surface area contributed by atoms with Gasteiger partial charge < -0.3 is 81.7 Å². The Hall–Kier alpha value is -6.84. The maximum atomic E-state index is 3.37. The topological polar surface area (TPSA) is 122 Å². The summed E-state index contributed by atoms with van der Waals surface area (Å²) < 4.78 is 0. The molecular weight excluding hydrogens is 993 g/mol. The summed E-state index contributed by atoms with van der Waals surface area (Å²) in [5.74, 6) is 0. The van der Waals surface area contributed by atoms with Crippen LogP contribution < -0.4 is 42.5 Å². The van der Waals surface area contributed by atoms with Crippen LogP contribution in [-0.4, -0.2) is 125 Å². The van der Waals surface area contributed by atoms with Gasteiger partial charge in [0.2, 0.25) is 0 Å². The summed E-state index contributed by atoms with van der Waals surface area (Å²) >= 11 is 0. The molecule has 0 aromatic carbocycles. The molecule has 80 heavy (non-hydrogen) atoms. The van der Waals surface area contributed by atoms with Crippen LogP contribution in [0.2, 0.25) is 0 Å². The molecular formula is C64H100N16. The van der Waals surface area contributed by atoms with Gasteiger partial charge in [-0.2, -0.15) is 0 Å². The summed E-state index contributed by atoms with van der Waals surface area (Å²) in [5, 5.41) is 26.6. The zero-order valence-corrected chi connectivity index (χ0v) is 50.3. The molecule has 0 radical (unpaired) electrons. The number of hydrogen-bond acceptors (Lipinski definition) is 16. The van der Waals surface area contributed by atoms with Crippen LogP contribution in [0.4, 0.5) is 0 Å². The van der Waals surface area contributed by atoms with Gasteiger partial charge in [-0.3, -0.25) is 0 Å². The molecule has 0 aromatic heterocycles. The molecule has 3 fully saturated rings. The lowest BCUT2D eigenvalue weighted by Crippen LogP contribution is -2.27. The molecule has 0 aliphatic carbocycles. The van der Waals surface area contributed by atoms with E-state index in [0.717, 1.165) is 66.3 Å². The second kappa shape index (κ2) is 28.5. The lowest BCUT2D eigenvalue weighted by molar-refractivity contribution is 0.309. The van der Waals surface area contributed by atoms with Crippen LogP contribution >= 0.6 is 0 Å². The molecule has 8 N–H and O–H groups in total. The summed E-state index contributed by atoms with van der Waals surface area (Å²) in [7, 11) is 0. The normalized spacial score (nSPS) is 23.5. The van der Waals surface area contributed by atoms with Crippen molar-refractivity contribution in [3.05, 3.63) is 164 Å². The number of allylic oxidation sites excluding steroid dienone is 20. The summed E-state index contributed by atoms with van der Waals surface area (Å²) in [6.45, 7) is 31.3. The Morgan fingerprint density at radius 1 is 0.300 bits per heavy atom. The van der Waals surface area contributed by atoms with Gasteiger partial charge in [0.05, 0.1) is 64.7 Å². The zero-order valence-electron chi connectivity index (χ0n) is 50.3. The van der Waals surface area contributed by atoms with Gasteiger partial charge >= 0.3 is 0 Å². The highest BCUT2D eigenvalue weighted by Gasteiger charge is 2.25. The molecule has 0 aromatic rings. The molecule has 16 rings (SSSR count). The van der Waals surface area contributed by atoms with Crippen molar-refractivity contribution in [2.45, 2.75) is 152 Å². The van der Waals surface area contributed by atoms with Gasteiger partial charge in [-0.1, -0.05) is 36.5 Å². The van der Waals surface area contributed by atoms with Gasteiger partial charge in [0.1, 0.15) is 0 Å². The summed E-state index contributed by atoms with van der Waals surface area (Å²) in [6, 6.07) is 0. The Bertz CT molecular complexity index is 2480. The lowest BCUT2D eigenvalue weighted by Gasteiger charge is -2.25. The third kappa shape index (κ3) is 14.9. The molecule has 0 unspecified atom stereocenters. The highest BCUT2D eigenvalue weighted by atomic mass is 15.3. The minimum absolute atomic E-state index is 0.919. The number of nitrogens with zero attached hydrogens (tertiary/aromatic N) is 8. The van der Waals surface area contributed by atoms with Crippen LogP contribution in [0, 0.1) is 0 Å². The predicted molar refractivity (Wildman–Crippen MR) is 329 cm³/mol. The Morgan fingerprint density at radius 3 is 1.23 bits per heavy atom. The van der Waals surface area contributed by atoms with Gasteiger partial charge in [-0.05, 0) is 164 Å². The molecule has 16 aliphatic heterocycles. The molecule has 16 heterocycles. The number of hydrogen-bond donors (Lipinski definition) is 8. The zero-order chi connectivity index (χ0) is 55.8. The molecule has 0 atom stereocenters. The summed E-state index contributed by atoms with van der Waals surface area (Å²) in [4.78, 5) is 18.9. The lowest BCUT2D eigenvalue weighted by atomic mass is 10.1. The van der Waals surface area contributed by atoms with Crippen LogP contribution in [0.25, 0.3) is 0 Å². The highest BCUT2D eigenvalue weighted by molar-refractivity contribution is 5.34. The Balaban J connectivity index is 0.000000111. The first kappa shape index (κ1) is 57.8. The first-order valence-electron chi connectivity index (χ1n) is 30.6. The van der Waals surface area contributed by atoms with Crippen molar-refractivity contribution in [3.63, 3.8) is 0 Å². The van der Waals surface area contributed by atoms with E-state index in [4.69, 9.17) is 0 Å². The Labute approximate surface area is 482 Å². The Morgan fingerprint density at radius 2 is 0.738 bits per heavy atom. The SMILES string of the molecule is CC1=C2C=CC=CN2CN1.CC1=C2C=CCCN2CN1.CC1=C2CC=CCN2CN1.CC1=C2CCC=CN2CN1.CC1=C2CCC=CN2CN1.CC1=C2CCCCN2CN1.CC1=C2CCCCN2CN1.CC1=C2CCCCN2CN1. The molecule has 0 saturated carbocycles. The third-order valence-corrected chi connectivity index (χ3v) is 17.7. The van der Waals surface area contributed by atoms with E-state index in [1.165, 1.54) is 190 Å². The van der Waals surface area contributed by atoms with Crippen LogP contribution in [0.1, 0.15) is 152 Å². The van der Waals surface area contributed by atoms with Crippen LogP contribution in [-0.2, 0) is 0 Å². The summed E-state index contributed by atoms with van der Waals surface area (Å²) in [6.07, 6.45) is 45.2. The number of piperidine rings is 3. The van der Waals surface area contributed by atoms with E-state index < -0.39 is 0 Å². The minimum Gasteiger partial charge on any atom is -0.370 e. The van der Waals surface area contributed by atoms with Crippen molar-refractivity contribution >= 4 is 0 Å². The molecule has 0 bridgehead atoms. The van der Waals surface area contributed by atoms with E-state index in [9.17, 15) is 0 Å². The standard InChI is InChI=1S/3C8H14N2.4C8H12N2.C8H10N2/c8*1-7-8-4-2-3-5-10(8)6-9-7/h3*9H,2-6H2,1H3;2*3,5,9H,2,4,6H2,1H3;2,4,9H,3,5-6H2,1H3;2-3,9H,4-6H2,1H3;2-5,9H,6H2,1H3. The van der Waals surface area contributed by atoms with Gasteiger partial charge in [-0.25, -0.2) is 0 Å². The average molecular weight is 1090 g/mol. The minimum atomic E-state index is 0.919. The third-order valence-electron chi connectivity index (χ3n) is 17.7. The van der Waals surface area contributed by atoms with Crippen molar-refractivity contribution in [2.24, 2.45) is 0 Å². The van der Waals surface area contributed by atoms with Crippen LogP contribution in [0.15, 0.2) is 164 Å². The van der Waals surface area contributed by atoms with Gasteiger partial charge in [0, 0.05) is 138 Å². The maximum absolute atomic E-state index is 3.37. The Kier molecular flexibility index (Phi) is 20.6. The van der Waals surface area contributed by atoms with Crippen molar-refractivity contribution in [2.75, 3.05) is 86.1 Å². The largest absolute Gasteiger partial charge is 0.370 e. The fraction of sp³-hybridized carbons (Fsp3) is 0.562. The number of fused-ring (bicyclic) bond motifs is 8. The van der Waals surface area contributed by atoms with E-state index in [2.05, 4.69) is 204 Å². The fourth-order valence-corrected chi connectivity index (χ4v) is 12.7. The molecule has 16 heteroatoms. The van der Waals surface area contributed by atoms with Crippen molar-refractivity contribution < 1.29 is 0 Å². The molecule has 436 valence electrons. The predicted octanol–water partition coefficient (Wildman–Crippen LogP) is 9.81. The smallest absolute Gasteiger partial charge is 0.0918 e. The average Bonchev–Trinajstić information content (AvgIpc) is 4.43. The second-order valence-corrected chi connectivity index (χ2v) is 23.1. The molecule has 0 spiro atoms. The van der Waals surface area contributed by atoms with Crippen LogP contribution in [0.5, 0.6) is 0 Å². The van der Waals surface area contributed by atoms with E-state index in [-0.39, 0.29) is 0 Å². The first-order valence-corrected chi connectivity index (χ1v) is 30.6. The molecule has 3 saturated heterocycles. The summed E-state index contributed by atoms with van der Waals surface area (Å²) in [5.41, 5.74) is 22.6. The molecule has 16 aliphatic rings. The van der Waals surface area contributed by atoms with E-state index in [1.807, 2.05) is 6.08 Å². The number of rotatable bonds is 0. The van der Waals surface area contributed by atoms with E-state index in [0.29, 0.717) is 0 Å². The van der Waals surface area contributed by atoms with E-state index >= 15 is 0 Å². The van der Waals surface area contributed by atoms with Crippen molar-refractivity contribution in [3.8, 4) is 0 Å². The van der Waals surface area contributed by atoms with Crippen LogP contribution in [0.3, 0.4) is 0 Å². The fourth-order valence-electron chi connectivity index (χ4n) is 12.7. The van der Waals surface area contributed by atoms with Gasteiger partial charge in [-0.15, -0.1) is 0 Å². The first-order chi connectivity index (χ1) is 39.0. The maximum Gasteiger partial charge on any atom is 0.0918 e. The van der Waals surface area contributed by atoms with Gasteiger partial charge in [0.25, 0.3) is 0 Å². The van der Waals surface area contributed by atoms with Crippen molar-refractivity contribution in [1.29, 1.82) is 0 Å². The number of nitrogens with one attached hydrogen (secondary N) is 8. The molecule has 0 amide bonds. The van der Waals surface area contributed by atoms with Crippen molar-refractivity contribution in [1.82, 2.24) is 81.7 Å². The quantitative estimate of drug-likeness (QED) is 0.110. The molecule has 16 nitrogen and oxygen atoms in total.